The molecule has 0 saturated carbocycles. The first-order chi connectivity index (χ1) is 9.26. The van der Waals surface area contributed by atoms with Gasteiger partial charge in [0, 0.05) is 6.20 Å². The van der Waals surface area contributed by atoms with Crippen molar-refractivity contribution in [2.24, 2.45) is 0 Å². The van der Waals surface area contributed by atoms with Crippen molar-refractivity contribution in [3.63, 3.8) is 0 Å². The van der Waals surface area contributed by atoms with Crippen LogP contribution in [0.3, 0.4) is 0 Å². The highest BCUT2D eigenvalue weighted by Crippen LogP contribution is 2.36. The lowest BCUT2D eigenvalue weighted by Gasteiger charge is -2.36. The summed E-state index contributed by atoms with van der Waals surface area (Å²) < 4.78 is 11.6. The third-order valence-corrected chi connectivity index (χ3v) is 8.35. The maximum Gasteiger partial charge on any atom is 0.192 e. The van der Waals surface area contributed by atoms with Gasteiger partial charge in [-0.3, -0.25) is 4.98 Å². The summed E-state index contributed by atoms with van der Waals surface area (Å²) in [6.07, 6.45) is 1.74. The highest BCUT2D eigenvalue weighted by atomic mass is 28.4. The van der Waals surface area contributed by atoms with Crippen LogP contribution in [0.15, 0.2) is 18.3 Å². The van der Waals surface area contributed by atoms with Crippen molar-refractivity contribution in [3.05, 3.63) is 29.6 Å². The topological polar surface area (TPSA) is 51.6 Å². The molecule has 5 heteroatoms. The molecule has 0 amide bonds. The zero-order chi connectivity index (χ0) is 15.2. The second kappa shape index (κ2) is 7.31. The van der Waals surface area contributed by atoms with Crippen molar-refractivity contribution < 1.29 is 14.3 Å². The van der Waals surface area contributed by atoms with Crippen LogP contribution in [-0.2, 0) is 22.4 Å². The summed E-state index contributed by atoms with van der Waals surface area (Å²) in [6.45, 7) is 12.9. The molecule has 1 aromatic heterocycles. The van der Waals surface area contributed by atoms with Gasteiger partial charge in [0.05, 0.1) is 32.1 Å². The van der Waals surface area contributed by atoms with Crippen molar-refractivity contribution in [2.75, 3.05) is 13.2 Å². The molecule has 0 fully saturated rings. The zero-order valence-electron chi connectivity index (χ0n) is 13.3. The number of hydrogen-bond acceptors (Lipinski definition) is 4. The number of rotatable bonds is 7. The van der Waals surface area contributed by atoms with E-state index in [2.05, 4.69) is 38.8 Å². The molecule has 1 rings (SSSR count). The first-order valence-corrected chi connectivity index (χ1v) is 9.93. The smallest absolute Gasteiger partial charge is 0.192 e. The molecule has 0 aliphatic rings. The molecule has 0 aromatic carbocycles. The molecule has 1 heterocycles. The average molecular weight is 297 g/mol. The van der Waals surface area contributed by atoms with Gasteiger partial charge in [-0.1, -0.05) is 26.8 Å². The van der Waals surface area contributed by atoms with Crippen LogP contribution in [0.2, 0.25) is 18.1 Å². The Balaban J connectivity index is 2.25. The third kappa shape index (κ3) is 5.32. The summed E-state index contributed by atoms with van der Waals surface area (Å²) in [5.74, 6) is 0. The Bertz CT molecular complexity index is 399. The Hall–Kier alpha value is -0.753. The van der Waals surface area contributed by atoms with Gasteiger partial charge in [0.2, 0.25) is 0 Å². The molecular formula is C15H27NO3Si. The summed E-state index contributed by atoms with van der Waals surface area (Å²) >= 11 is 0. The van der Waals surface area contributed by atoms with E-state index in [1.165, 1.54) is 0 Å². The van der Waals surface area contributed by atoms with Crippen molar-refractivity contribution in [1.82, 2.24) is 4.98 Å². The van der Waals surface area contributed by atoms with Gasteiger partial charge in [-0.2, -0.15) is 0 Å². The molecule has 0 spiro atoms. The van der Waals surface area contributed by atoms with Crippen LogP contribution >= 0.6 is 0 Å². The SMILES string of the molecule is CC(C)(C)[Si](C)(C)OCCOCc1ccc(CO)nc1. The lowest BCUT2D eigenvalue weighted by Crippen LogP contribution is -2.41. The second-order valence-corrected chi connectivity index (χ2v) is 11.3. The molecule has 0 unspecified atom stereocenters. The maximum absolute atomic E-state index is 8.91. The predicted molar refractivity (Wildman–Crippen MR) is 83.0 cm³/mol. The van der Waals surface area contributed by atoms with Crippen molar-refractivity contribution >= 4 is 8.32 Å². The Kier molecular flexibility index (Phi) is 6.32. The summed E-state index contributed by atoms with van der Waals surface area (Å²) in [5, 5.41) is 9.14. The molecule has 0 atom stereocenters. The van der Waals surface area contributed by atoms with Crippen LogP contribution in [0.4, 0.5) is 0 Å². The minimum absolute atomic E-state index is 0.0263. The van der Waals surface area contributed by atoms with Gasteiger partial charge in [0.25, 0.3) is 0 Å². The molecule has 1 aromatic rings. The molecule has 0 bridgehead atoms. The van der Waals surface area contributed by atoms with Gasteiger partial charge in [-0.05, 0) is 29.8 Å². The minimum atomic E-state index is -1.67. The summed E-state index contributed by atoms with van der Waals surface area (Å²) in [6, 6.07) is 3.73. The lowest BCUT2D eigenvalue weighted by atomic mass is 10.2. The molecule has 114 valence electrons. The standard InChI is InChI=1S/C15H27NO3Si/c1-15(2,3)20(4,5)19-9-8-18-12-13-6-7-14(11-17)16-10-13/h6-7,10,17H,8-9,11-12H2,1-5H3. The van der Waals surface area contributed by atoms with E-state index in [0.29, 0.717) is 25.5 Å². The number of aliphatic hydroxyl groups excluding tert-OH is 1. The number of nitrogens with zero attached hydrogens (tertiary/aromatic N) is 1. The predicted octanol–water partition coefficient (Wildman–Crippen LogP) is 3.11. The highest BCUT2D eigenvalue weighted by Gasteiger charge is 2.36. The van der Waals surface area contributed by atoms with Gasteiger partial charge in [-0.15, -0.1) is 0 Å². The molecule has 0 aliphatic carbocycles. The Morgan fingerprint density at radius 1 is 1.20 bits per heavy atom. The van der Waals surface area contributed by atoms with E-state index in [9.17, 15) is 0 Å². The van der Waals surface area contributed by atoms with E-state index >= 15 is 0 Å². The van der Waals surface area contributed by atoms with Crippen LogP contribution in [0.1, 0.15) is 32.0 Å². The summed E-state index contributed by atoms with van der Waals surface area (Å²) in [5.41, 5.74) is 1.68. The zero-order valence-corrected chi connectivity index (χ0v) is 14.3. The highest BCUT2D eigenvalue weighted by molar-refractivity contribution is 6.74. The van der Waals surface area contributed by atoms with E-state index in [-0.39, 0.29) is 11.6 Å². The molecule has 1 N–H and O–H groups in total. The molecule has 0 aliphatic heterocycles. The second-order valence-electron chi connectivity index (χ2n) is 6.48. The van der Waals surface area contributed by atoms with Gasteiger partial charge in [0.1, 0.15) is 0 Å². The fourth-order valence-electron chi connectivity index (χ4n) is 1.40. The molecular weight excluding hydrogens is 270 g/mol. The molecule has 0 saturated heterocycles. The Morgan fingerprint density at radius 2 is 1.90 bits per heavy atom. The monoisotopic (exact) mass is 297 g/mol. The lowest BCUT2D eigenvalue weighted by molar-refractivity contribution is 0.0844. The number of pyridine rings is 1. The van der Waals surface area contributed by atoms with Gasteiger partial charge in [-0.25, -0.2) is 0 Å². The van der Waals surface area contributed by atoms with E-state index in [1.807, 2.05) is 12.1 Å². The Morgan fingerprint density at radius 3 is 2.40 bits per heavy atom. The van der Waals surface area contributed by atoms with E-state index < -0.39 is 8.32 Å². The normalized spacial score (nSPS) is 12.7. The fourth-order valence-corrected chi connectivity index (χ4v) is 2.42. The third-order valence-electron chi connectivity index (χ3n) is 3.81. The summed E-state index contributed by atoms with van der Waals surface area (Å²) in [7, 11) is -1.67. The van der Waals surface area contributed by atoms with Crippen LogP contribution in [0, 0.1) is 0 Å². The van der Waals surface area contributed by atoms with Crippen molar-refractivity contribution in [3.8, 4) is 0 Å². The quantitative estimate of drug-likeness (QED) is 0.620. The number of ether oxygens (including phenoxy) is 1. The van der Waals surface area contributed by atoms with Gasteiger partial charge >= 0.3 is 0 Å². The molecule has 20 heavy (non-hydrogen) atoms. The largest absolute Gasteiger partial charge is 0.414 e. The number of aromatic nitrogens is 1. The number of hydrogen-bond donors (Lipinski definition) is 1. The number of aliphatic hydroxyl groups is 1. The maximum atomic E-state index is 8.91. The van der Waals surface area contributed by atoms with E-state index in [1.54, 1.807) is 6.20 Å². The van der Waals surface area contributed by atoms with Gasteiger partial charge in [0.15, 0.2) is 8.32 Å². The van der Waals surface area contributed by atoms with E-state index in [4.69, 9.17) is 14.3 Å². The average Bonchev–Trinajstić information content (AvgIpc) is 2.37. The first-order valence-electron chi connectivity index (χ1n) is 7.02. The molecule has 4 nitrogen and oxygen atoms in total. The van der Waals surface area contributed by atoms with Crippen LogP contribution in [0.25, 0.3) is 0 Å². The van der Waals surface area contributed by atoms with Crippen LogP contribution < -0.4 is 0 Å². The van der Waals surface area contributed by atoms with Crippen LogP contribution in [0.5, 0.6) is 0 Å². The van der Waals surface area contributed by atoms with E-state index in [0.717, 1.165) is 5.56 Å². The Labute approximate surface area is 123 Å². The molecule has 0 radical (unpaired) electrons. The summed E-state index contributed by atoms with van der Waals surface area (Å²) in [4.78, 5) is 4.11. The van der Waals surface area contributed by atoms with Crippen LogP contribution in [-0.4, -0.2) is 31.6 Å². The first kappa shape index (κ1) is 17.3. The minimum Gasteiger partial charge on any atom is -0.414 e. The van der Waals surface area contributed by atoms with Crippen molar-refractivity contribution in [2.45, 2.75) is 52.1 Å². The fraction of sp³-hybridized carbons (Fsp3) is 0.667. The van der Waals surface area contributed by atoms with Gasteiger partial charge < -0.3 is 14.3 Å². The van der Waals surface area contributed by atoms with Crippen molar-refractivity contribution in [1.29, 1.82) is 0 Å².